The Balaban J connectivity index is 2.56. The average Bonchev–Trinajstić information content (AvgIpc) is 2.35. The second kappa shape index (κ2) is 4.04. The first kappa shape index (κ1) is 10.6. The lowest BCUT2D eigenvalue weighted by atomic mass is 10.2. The highest BCUT2D eigenvalue weighted by molar-refractivity contribution is 7.24. The van der Waals surface area contributed by atoms with Gasteiger partial charge in [-0.15, -0.1) is 0 Å². The lowest BCUT2D eigenvalue weighted by molar-refractivity contribution is -0.665. The Morgan fingerprint density at radius 2 is 1.29 bits per heavy atom. The first-order chi connectivity index (χ1) is 8.27. The van der Waals surface area contributed by atoms with E-state index in [9.17, 15) is 0 Å². The fraction of sp³-hybridized carbons (Fsp3) is 0.200. The quantitative estimate of drug-likeness (QED) is 0.341. The maximum Gasteiger partial charge on any atom is 0.302 e. The van der Waals surface area contributed by atoms with Gasteiger partial charge in [0.15, 0.2) is 6.04 Å². The van der Waals surface area contributed by atoms with Crippen molar-refractivity contribution in [3.8, 4) is 0 Å². The van der Waals surface area contributed by atoms with Gasteiger partial charge in [-0.3, -0.25) is 0 Å². The van der Waals surface area contributed by atoms with Crippen LogP contribution in [0.15, 0.2) is 48.5 Å². The van der Waals surface area contributed by atoms with Crippen LogP contribution in [0.4, 0.5) is 0 Å². The zero-order valence-corrected chi connectivity index (χ0v) is 10.9. The minimum atomic E-state index is 0.471. The molecule has 0 aliphatic rings. The molecule has 0 fully saturated rings. The number of benzene rings is 2. The Kier molecular flexibility index (Phi) is 2.52. The van der Waals surface area contributed by atoms with Crippen molar-refractivity contribution in [1.29, 1.82) is 0 Å². The molecule has 0 radical (unpaired) electrons. The highest BCUT2D eigenvalue weighted by atomic mass is 32.1. The molecule has 84 valence electrons. The second-order valence-electron chi connectivity index (χ2n) is 4.50. The number of para-hydroxylation sites is 2. The Morgan fingerprint density at radius 1 is 0.824 bits per heavy atom. The second-order valence-corrected chi connectivity index (χ2v) is 5.59. The Bertz CT molecular complexity index is 635. The van der Waals surface area contributed by atoms with Crippen molar-refractivity contribution in [2.75, 3.05) is 0 Å². The zero-order chi connectivity index (χ0) is 11.8. The maximum atomic E-state index is 2.42. The van der Waals surface area contributed by atoms with E-state index in [-0.39, 0.29) is 0 Å². The predicted octanol–water partition coefficient (Wildman–Crippen LogP) is 4.20. The molecule has 0 N–H and O–H groups in total. The molecule has 0 saturated carbocycles. The molecule has 0 spiro atoms. The van der Waals surface area contributed by atoms with Gasteiger partial charge in [0, 0.05) is 24.3 Å². The molecule has 2 heteroatoms. The Morgan fingerprint density at radius 3 is 1.76 bits per heavy atom. The standard InChI is InChI=1S/C15H15NS/c1-11(2)16-12-7-3-5-9-14(12)17-15-10-6-4-8-13(15)16/h3-11H,1-2H3/q+2. The van der Waals surface area contributed by atoms with Crippen LogP contribution in [-0.2, 0) is 0 Å². The van der Waals surface area contributed by atoms with Crippen molar-refractivity contribution in [1.82, 2.24) is 0 Å². The monoisotopic (exact) mass is 241 g/mol. The molecule has 0 aliphatic heterocycles. The molecule has 1 aromatic heterocycles. The number of aromatic nitrogens is 1. The summed E-state index contributed by atoms with van der Waals surface area (Å²) < 4.78 is 5.11. The molecule has 2 aromatic carbocycles. The van der Waals surface area contributed by atoms with Gasteiger partial charge in [-0.1, -0.05) is 24.3 Å². The lowest BCUT2D eigenvalue weighted by Gasteiger charge is -2.02. The van der Waals surface area contributed by atoms with E-state index in [1.807, 2.05) is 11.3 Å². The third-order valence-corrected chi connectivity index (χ3v) is 4.12. The molecule has 0 aliphatic carbocycles. The molecule has 1 nitrogen and oxygen atoms in total. The largest absolute Gasteiger partial charge is 0.302 e. The molecule has 0 atom stereocenters. The Hall–Kier alpha value is -1.54. The first-order valence-corrected chi connectivity index (χ1v) is 6.74. The summed E-state index contributed by atoms with van der Waals surface area (Å²) in [7, 11) is 0. The summed E-state index contributed by atoms with van der Waals surface area (Å²) in [6.07, 6.45) is 0. The van der Waals surface area contributed by atoms with E-state index in [1.54, 1.807) is 0 Å². The van der Waals surface area contributed by atoms with E-state index < -0.39 is 0 Å². The van der Waals surface area contributed by atoms with Gasteiger partial charge >= 0.3 is 9.40 Å². The van der Waals surface area contributed by atoms with Gasteiger partial charge in [-0.05, 0) is 13.8 Å². The molecular weight excluding hydrogens is 226 g/mol. The van der Waals surface area contributed by atoms with Crippen LogP contribution in [-0.4, -0.2) is 0 Å². The third-order valence-electron chi connectivity index (χ3n) is 2.99. The van der Waals surface area contributed by atoms with Crippen molar-refractivity contribution in [2.24, 2.45) is 0 Å². The van der Waals surface area contributed by atoms with Gasteiger partial charge in [-0.2, -0.15) is 4.57 Å². The van der Waals surface area contributed by atoms with Crippen molar-refractivity contribution in [3.63, 3.8) is 0 Å². The minimum absolute atomic E-state index is 0.471. The van der Waals surface area contributed by atoms with Crippen molar-refractivity contribution >= 4 is 31.8 Å². The molecule has 0 unspecified atom stereocenters. The molecule has 17 heavy (non-hydrogen) atoms. The zero-order valence-electron chi connectivity index (χ0n) is 10.1. The van der Waals surface area contributed by atoms with Gasteiger partial charge < -0.3 is 0 Å². The van der Waals surface area contributed by atoms with Crippen molar-refractivity contribution < 1.29 is 4.57 Å². The summed E-state index contributed by atoms with van der Waals surface area (Å²) in [5.41, 5.74) is 2.65. The summed E-state index contributed by atoms with van der Waals surface area (Å²) in [5.74, 6) is 0. The molecule has 3 rings (SSSR count). The summed E-state index contributed by atoms with van der Waals surface area (Å²) >= 11 is 1.86. The summed E-state index contributed by atoms with van der Waals surface area (Å²) in [5, 5.41) is 0. The fourth-order valence-electron chi connectivity index (χ4n) is 2.29. The van der Waals surface area contributed by atoms with Crippen LogP contribution >= 0.6 is 11.3 Å². The highest BCUT2D eigenvalue weighted by Gasteiger charge is 2.25. The molecule has 0 amide bonds. The van der Waals surface area contributed by atoms with Crippen LogP contribution in [0.5, 0.6) is 0 Å². The third kappa shape index (κ3) is 1.69. The molecule has 1 heterocycles. The van der Waals surface area contributed by atoms with Crippen molar-refractivity contribution in [2.45, 2.75) is 19.9 Å². The van der Waals surface area contributed by atoms with Gasteiger partial charge in [0.1, 0.15) is 0 Å². The Labute approximate surface area is 105 Å². The number of rotatable bonds is 1. The maximum absolute atomic E-state index is 2.42. The number of hydrogen-bond donors (Lipinski definition) is 0. The predicted molar refractivity (Wildman–Crippen MR) is 74.3 cm³/mol. The molecular formula is C15H15NS+2. The molecule has 3 aromatic rings. The molecule has 0 bridgehead atoms. The van der Waals surface area contributed by atoms with Gasteiger partial charge in [0.2, 0.25) is 11.3 Å². The van der Waals surface area contributed by atoms with Crippen LogP contribution in [0.25, 0.3) is 20.4 Å². The highest BCUT2D eigenvalue weighted by Crippen LogP contribution is 2.25. The number of hydrogen-bond acceptors (Lipinski definition) is 0. The van der Waals surface area contributed by atoms with Gasteiger partial charge in [0.25, 0.3) is 11.0 Å². The van der Waals surface area contributed by atoms with Crippen LogP contribution in [0, 0.1) is 0 Å². The van der Waals surface area contributed by atoms with E-state index >= 15 is 0 Å². The van der Waals surface area contributed by atoms with Crippen LogP contribution < -0.4 is 4.57 Å². The van der Waals surface area contributed by atoms with Crippen molar-refractivity contribution in [3.05, 3.63) is 48.5 Å². The SMILES string of the molecule is CC(C)[n+]1c2ccccc2[s+]c2ccccc21. The van der Waals surface area contributed by atoms with Crippen LogP contribution in [0.3, 0.4) is 0 Å². The fourth-order valence-corrected chi connectivity index (χ4v) is 3.36. The van der Waals surface area contributed by atoms with E-state index in [0.29, 0.717) is 6.04 Å². The van der Waals surface area contributed by atoms with Gasteiger partial charge in [0.05, 0.1) is 0 Å². The normalized spacial score (nSPS) is 11.5. The smallest absolute Gasteiger partial charge is 0.181 e. The average molecular weight is 241 g/mol. The topological polar surface area (TPSA) is 3.88 Å². The van der Waals surface area contributed by atoms with E-state index in [1.165, 1.54) is 20.4 Å². The molecule has 0 saturated heterocycles. The minimum Gasteiger partial charge on any atom is -0.181 e. The first-order valence-electron chi connectivity index (χ1n) is 5.92. The number of fused-ring (bicyclic) bond motifs is 2. The van der Waals surface area contributed by atoms with E-state index in [2.05, 4.69) is 66.9 Å². The summed E-state index contributed by atoms with van der Waals surface area (Å²) in [6.45, 7) is 4.48. The summed E-state index contributed by atoms with van der Waals surface area (Å²) in [6, 6.07) is 17.7. The van der Waals surface area contributed by atoms with Gasteiger partial charge in [-0.25, -0.2) is 0 Å². The van der Waals surface area contributed by atoms with E-state index in [4.69, 9.17) is 0 Å². The lowest BCUT2D eigenvalue weighted by Crippen LogP contribution is -2.37. The summed E-state index contributed by atoms with van der Waals surface area (Å²) in [4.78, 5) is 0. The van der Waals surface area contributed by atoms with E-state index in [0.717, 1.165) is 0 Å². The number of nitrogens with zero attached hydrogens (tertiary/aromatic N) is 1. The van der Waals surface area contributed by atoms with Crippen LogP contribution in [0.2, 0.25) is 0 Å². The van der Waals surface area contributed by atoms with Crippen LogP contribution in [0.1, 0.15) is 19.9 Å².